The zero-order valence-corrected chi connectivity index (χ0v) is 16.8. The summed E-state index contributed by atoms with van der Waals surface area (Å²) in [4.78, 5) is 16.0. The maximum atomic E-state index is 11.5. The molecule has 0 N–H and O–H groups in total. The number of rotatable bonds is 4. The number of methoxy groups -OCH3 is 1. The summed E-state index contributed by atoms with van der Waals surface area (Å²) in [7, 11) is 1.38. The number of carbonyl (C=O) groups excluding carboxylic acids is 1. The van der Waals surface area contributed by atoms with Crippen LogP contribution in [0.2, 0.25) is 0 Å². The number of hydrogen-bond donors (Lipinski definition) is 0. The van der Waals surface area contributed by atoms with Gasteiger partial charge in [0.05, 0.1) is 12.7 Å². The van der Waals surface area contributed by atoms with E-state index in [2.05, 4.69) is 4.98 Å². The highest BCUT2D eigenvalue weighted by atomic mass is 16.5. The fraction of sp³-hybridized carbons (Fsp3) is 0.120. The number of nitrogens with zero attached hydrogens (tertiary/aromatic N) is 1. The lowest BCUT2D eigenvalue weighted by Gasteiger charge is -2.00. The van der Waals surface area contributed by atoms with Gasteiger partial charge in [-0.15, -0.1) is 0 Å². The topological polar surface area (TPSA) is 52.3 Å². The monoisotopic (exact) mass is 385 g/mol. The third kappa shape index (κ3) is 4.79. The molecular weight excluding hydrogens is 362 g/mol. The van der Waals surface area contributed by atoms with Gasteiger partial charge in [-0.2, -0.15) is 0 Å². The van der Waals surface area contributed by atoms with E-state index in [1.807, 2.05) is 86.7 Å². The average Bonchev–Trinajstić information content (AvgIpc) is 3.23. The summed E-state index contributed by atoms with van der Waals surface area (Å²) in [5.74, 6) is 0.283. The Morgan fingerprint density at radius 3 is 2.03 bits per heavy atom. The highest BCUT2D eigenvalue weighted by Crippen LogP contribution is 2.24. The van der Waals surface area contributed by atoms with Crippen molar-refractivity contribution in [1.29, 1.82) is 0 Å². The molecule has 0 bridgehead atoms. The van der Waals surface area contributed by atoms with Gasteiger partial charge in [-0.3, -0.25) is 0 Å². The number of hydrogen-bond acceptors (Lipinski definition) is 4. The summed E-state index contributed by atoms with van der Waals surface area (Å²) < 4.78 is 10.5. The van der Waals surface area contributed by atoms with E-state index >= 15 is 0 Å². The van der Waals surface area contributed by atoms with Crippen molar-refractivity contribution in [2.75, 3.05) is 7.11 Å². The molecule has 0 fully saturated rings. The zero-order valence-electron chi connectivity index (χ0n) is 16.8. The smallest absolute Gasteiger partial charge is 0.337 e. The molecule has 4 heteroatoms. The number of aromatic nitrogens is 1. The van der Waals surface area contributed by atoms with Crippen molar-refractivity contribution in [3.8, 4) is 11.5 Å². The van der Waals surface area contributed by atoms with E-state index in [1.54, 1.807) is 12.1 Å². The van der Waals surface area contributed by atoms with Crippen LogP contribution in [0.1, 0.15) is 35.3 Å². The second kappa shape index (κ2) is 9.51. The molecule has 0 atom stereocenters. The first kappa shape index (κ1) is 20.1. The molecule has 29 heavy (non-hydrogen) atoms. The Balaban J connectivity index is 0.00000117. The van der Waals surface area contributed by atoms with Gasteiger partial charge >= 0.3 is 5.97 Å². The first-order valence-corrected chi connectivity index (χ1v) is 9.55. The second-order valence-corrected chi connectivity index (χ2v) is 6.06. The van der Waals surface area contributed by atoms with Crippen LogP contribution in [-0.2, 0) is 4.74 Å². The zero-order chi connectivity index (χ0) is 20.6. The molecule has 4 aromatic rings. The van der Waals surface area contributed by atoms with Gasteiger partial charge in [-0.25, -0.2) is 9.78 Å². The Kier molecular flexibility index (Phi) is 6.59. The van der Waals surface area contributed by atoms with Gasteiger partial charge in [0, 0.05) is 5.56 Å². The largest absolute Gasteiger partial charge is 0.465 e. The molecule has 0 amide bonds. The van der Waals surface area contributed by atoms with Crippen LogP contribution in [0.5, 0.6) is 0 Å². The highest BCUT2D eigenvalue weighted by molar-refractivity contribution is 5.89. The van der Waals surface area contributed by atoms with E-state index in [0.717, 1.165) is 27.8 Å². The van der Waals surface area contributed by atoms with Crippen molar-refractivity contribution >= 4 is 29.2 Å². The van der Waals surface area contributed by atoms with Crippen LogP contribution < -0.4 is 0 Å². The predicted octanol–water partition coefficient (Wildman–Crippen LogP) is 6.48. The second-order valence-electron chi connectivity index (χ2n) is 6.06. The van der Waals surface area contributed by atoms with Crippen molar-refractivity contribution in [2.24, 2.45) is 0 Å². The quantitative estimate of drug-likeness (QED) is 0.298. The lowest BCUT2D eigenvalue weighted by atomic mass is 10.1. The van der Waals surface area contributed by atoms with Crippen molar-refractivity contribution in [2.45, 2.75) is 13.8 Å². The van der Waals surface area contributed by atoms with E-state index in [0.29, 0.717) is 11.5 Å². The van der Waals surface area contributed by atoms with Crippen LogP contribution in [0, 0.1) is 0 Å². The summed E-state index contributed by atoms with van der Waals surface area (Å²) in [6.07, 6.45) is 4.01. The Labute approximate surface area is 170 Å². The maximum absolute atomic E-state index is 11.5. The highest BCUT2D eigenvalue weighted by Gasteiger charge is 2.07. The number of benzene rings is 3. The van der Waals surface area contributed by atoms with Gasteiger partial charge in [0.2, 0.25) is 5.89 Å². The molecule has 4 nitrogen and oxygen atoms in total. The molecule has 0 spiro atoms. The van der Waals surface area contributed by atoms with Crippen LogP contribution >= 0.6 is 0 Å². The fourth-order valence-electron chi connectivity index (χ4n) is 2.77. The molecule has 0 unspecified atom stereocenters. The van der Waals surface area contributed by atoms with Crippen LogP contribution in [0.3, 0.4) is 0 Å². The van der Waals surface area contributed by atoms with E-state index in [9.17, 15) is 4.79 Å². The van der Waals surface area contributed by atoms with Crippen LogP contribution in [0.4, 0.5) is 0 Å². The van der Waals surface area contributed by atoms with E-state index < -0.39 is 0 Å². The normalized spacial score (nSPS) is 10.6. The van der Waals surface area contributed by atoms with Gasteiger partial charge in [-0.05, 0) is 47.5 Å². The van der Waals surface area contributed by atoms with E-state index in [-0.39, 0.29) is 5.97 Å². The summed E-state index contributed by atoms with van der Waals surface area (Å²) >= 11 is 0. The number of ether oxygens (including phenoxy) is 1. The van der Waals surface area contributed by atoms with E-state index in [1.165, 1.54) is 7.11 Å². The molecule has 0 saturated carbocycles. The molecule has 0 aliphatic carbocycles. The minimum Gasteiger partial charge on any atom is -0.465 e. The average molecular weight is 385 g/mol. The SMILES string of the molecule is CC.COC(=O)c1ccc(/C=C/c2ccc(-c3nc4ccccc4o3)cc2)cc1. The molecule has 0 saturated heterocycles. The lowest BCUT2D eigenvalue weighted by Crippen LogP contribution is -2.00. The van der Waals surface area contributed by atoms with Crippen LogP contribution in [-0.4, -0.2) is 18.1 Å². The number of oxazole rings is 1. The molecule has 0 aliphatic rings. The van der Waals surface area contributed by atoms with Crippen molar-refractivity contribution in [3.63, 3.8) is 0 Å². The minimum absolute atomic E-state index is 0.333. The van der Waals surface area contributed by atoms with Crippen LogP contribution in [0.25, 0.3) is 34.7 Å². The number of fused-ring (bicyclic) bond motifs is 1. The standard InChI is InChI=1S/C23H17NO3.C2H6/c1-26-23(25)19-14-10-17(11-15-19)7-6-16-8-12-18(13-9-16)22-24-20-4-2-3-5-21(20)27-22;1-2/h2-15H,1H3;1-2H3/b7-6+;. The van der Waals surface area contributed by atoms with E-state index in [4.69, 9.17) is 9.15 Å². The first-order chi connectivity index (χ1) is 14.2. The van der Waals surface area contributed by atoms with Gasteiger partial charge in [0.1, 0.15) is 5.52 Å². The van der Waals surface area contributed by atoms with Crippen molar-refractivity contribution < 1.29 is 13.9 Å². The molecule has 1 aromatic heterocycles. The molecule has 1 heterocycles. The molecule has 4 rings (SSSR count). The maximum Gasteiger partial charge on any atom is 0.337 e. The van der Waals surface area contributed by atoms with Crippen molar-refractivity contribution in [3.05, 3.63) is 89.5 Å². The number of carbonyl (C=O) groups is 1. The molecule has 0 aliphatic heterocycles. The molecule has 3 aromatic carbocycles. The Hall–Kier alpha value is -3.66. The summed E-state index contributed by atoms with van der Waals surface area (Å²) in [5.41, 5.74) is 5.18. The third-order valence-corrected chi connectivity index (χ3v) is 4.25. The van der Waals surface area contributed by atoms with Crippen LogP contribution in [0.15, 0.2) is 77.2 Å². The Bertz CT molecular complexity index is 1070. The Morgan fingerprint density at radius 1 is 0.862 bits per heavy atom. The van der Waals surface area contributed by atoms with Crippen molar-refractivity contribution in [1.82, 2.24) is 4.98 Å². The van der Waals surface area contributed by atoms with Gasteiger partial charge < -0.3 is 9.15 Å². The lowest BCUT2D eigenvalue weighted by molar-refractivity contribution is 0.0600. The van der Waals surface area contributed by atoms with Gasteiger partial charge in [0.25, 0.3) is 0 Å². The Morgan fingerprint density at radius 2 is 1.45 bits per heavy atom. The number of para-hydroxylation sites is 2. The number of esters is 1. The summed E-state index contributed by atoms with van der Waals surface area (Å²) in [6.45, 7) is 4.00. The first-order valence-electron chi connectivity index (χ1n) is 9.55. The summed E-state index contributed by atoms with van der Waals surface area (Å²) in [5, 5.41) is 0. The molecule has 0 radical (unpaired) electrons. The third-order valence-electron chi connectivity index (χ3n) is 4.25. The van der Waals surface area contributed by atoms with Gasteiger partial charge in [-0.1, -0.05) is 62.4 Å². The molecular formula is C25H23NO3. The minimum atomic E-state index is -0.333. The molecule has 146 valence electrons. The predicted molar refractivity (Wildman–Crippen MR) is 118 cm³/mol. The van der Waals surface area contributed by atoms with Gasteiger partial charge in [0.15, 0.2) is 5.58 Å². The summed E-state index contributed by atoms with van der Waals surface area (Å²) in [6, 6.07) is 23.0. The fourth-order valence-corrected chi connectivity index (χ4v) is 2.77.